The van der Waals surface area contributed by atoms with Crippen molar-refractivity contribution in [3.8, 4) is 5.69 Å². The molecule has 0 aliphatic carbocycles. The average Bonchev–Trinajstić information content (AvgIpc) is 2.79. The highest BCUT2D eigenvalue weighted by atomic mass is 19.1. The van der Waals surface area contributed by atoms with E-state index in [0.717, 1.165) is 30.8 Å². The first-order valence-corrected chi connectivity index (χ1v) is 5.80. The number of aromatic nitrogens is 2. The van der Waals surface area contributed by atoms with Gasteiger partial charge >= 0.3 is 0 Å². The van der Waals surface area contributed by atoms with Crippen LogP contribution in [0, 0.1) is 5.82 Å². The van der Waals surface area contributed by atoms with Crippen molar-refractivity contribution in [1.82, 2.24) is 15.1 Å². The molecule has 0 aliphatic heterocycles. The van der Waals surface area contributed by atoms with Gasteiger partial charge < -0.3 is 5.32 Å². The van der Waals surface area contributed by atoms with E-state index >= 15 is 0 Å². The minimum atomic E-state index is -0.231. The molecule has 0 atom stereocenters. The predicted octanol–water partition coefficient (Wildman–Crippen LogP) is 2.51. The van der Waals surface area contributed by atoms with E-state index in [0.29, 0.717) is 0 Å². The van der Waals surface area contributed by atoms with Gasteiger partial charge in [-0.3, -0.25) is 0 Å². The first kappa shape index (κ1) is 11.8. The normalized spacial score (nSPS) is 10.7. The molecule has 0 saturated carbocycles. The summed E-state index contributed by atoms with van der Waals surface area (Å²) in [4.78, 5) is 0. The number of hydrogen-bond acceptors (Lipinski definition) is 2. The van der Waals surface area contributed by atoms with Crippen LogP contribution in [0.2, 0.25) is 0 Å². The number of hydrogen-bond donors (Lipinski definition) is 1. The van der Waals surface area contributed by atoms with Gasteiger partial charge in [-0.25, -0.2) is 9.07 Å². The first-order valence-electron chi connectivity index (χ1n) is 5.80. The quantitative estimate of drug-likeness (QED) is 0.804. The summed E-state index contributed by atoms with van der Waals surface area (Å²) in [6.07, 6.45) is 4.90. The molecule has 0 unspecified atom stereocenters. The fourth-order valence-electron chi connectivity index (χ4n) is 1.60. The topological polar surface area (TPSA) is 29.9 Å². The van der Waals surface area contributed by atoms with Gasteiger partial charge in [0.25, 0.3) is 0 Å². The molecule has 0 amide bonds. The van der Waals surface area contributed by atoms with Gasteiger partial charge in [0, 0.05) is 18.3 Å². The minimum Gasteiger partial charge on any atom is -0.313 e. The summed E-state index contributed by atoms with van der Waals surface area (Å²) < 4.78 is 14.5. The van der Waals surface area contributed by atoms with Crippen LogP contribution in [0.4, 0.5) is 4.39 Å². The third kappa shape index (κ3) is 3.14. The highest BCUT2D eigenvalue weighted by Crippen LogP contribution is 2.09. The van der Waals surface area contributed by atoms with E-state index in [9.17, 15) is 4.39 Å². The molecule has 4 heteroatoms. The highest BCUT2D eigenvalue weighted by Gasteiger charge is 2.00. The molecular formula is C13H16FN3. The Morgan fingerprint density at radius 1 is 1.29 bits per heavy atom. The van der Waals surface area contributed by atoms with Crippen molar-refractivity contribution < 1.29 is 4.39 Å². The van der Waals surface area contributed by atoms with Crippen LogP contribution in [0.3, 0.4) is 0 Å². The lowest BCUT2D eigenvalue weighted by molar-refractivity contribution is 0.627. The Morgan fingerprint density at radius 3 is 2.76 bits per heavy atom. The summed E-state index contributed by atoms with van der Waals surface area (Å²) in [7, 11) is 0. The highest BCUT2D eigenvalue weighted by molar-refractivity contribution is 5.31. The molecule has 0 aliphatic rings. The van der Waals surface area contributed by atoms with Crippen LogP contribution in [0.15, 0.2) is 36.7 Å². The third-order valence-electron chi connectivity index (χ3n) is 2.48. The van der Waals surface area contributed by atoms with E-state index in [1.54, 1.807) is 16.8 Å². The first-order chi connectivity index (χ1) is 8.29. The monoisotopic (exact) mass is 233 g/mol. The Kier molecular flexibility index (Phi) is 3.88. The smallest absolute Gasteiger partial charge is 0.123 e. The minimum absolute atomic E-state index is 0.231. The van der Waals surface area contributed by atoms with Crippen molar-refractivity contribution in [2.24, 2.45) is 0 Å². The van der Waals surface area contributed by atoms with Crippen LogP contribution < -0.4 is 5.32 Å². The molecule has 2 aromatic rings. The van der Waals surface area contributed by atoms with E-state index in [2.05, 4.69) is 17.3 Å². The maximum atomic E-state index is 12.8. The molecule has 0 spiro atoms. The molecule has 2 rings (SSSR count). The second kappa shape index (κ2) is 5.59. The van der Waals surface area contributed by atoms with Gasteiger partial charge in [-0.05, 0) is 37.2 Å². The largest absolute Gasteiger partial charge is 0.313 e. The van der Waals surface area contributed by atoms with Crippen molar-refractivity contribution >= 4 is 0 Å². The number of nitrogens with zero attached hydrogens (tertiary/aromatic N) is 2. The van der Waals surface area contributed by atoms with E-state index in [1.165, 1.54) is 12.1 Å². The molecule has 90 valence electrons. The number of nitrogens with one attached hydrogen (secondary N) is 1. The Bertz CT molecular complexity index is 462. The molecule has 1 aromatic carbocycles. The predicted molar refractivity (Wildman–Crippen MR) is 65.5 cm³/mol. The lowest BCUT2D eigenvalue weighted by atomic mass is 10.3. The van der Waals surface area contributed by atoms with Gasteiger partial charge in [0.2, 0.25) is 0 Å². The van der Waals surface area contributed by atoms with Crippen molar-refractivity contribution in [2.45, 2.75) is 19.9 Å². The Balaban J connectivity index is 2.04. The summed E-state index contributed by atoms with van der Waals surface area (Å²) in [5.41, 5.74) is 2.00. The number of benzene rings is 1. The van der Waals surface area contributed by atoms with Crippen molar-refractivity contribution in [2.75, 3.05) is 6.54 Å². The van der Waals surface area contributed by atoms with Gasteiger partial charge in [-0.2, -0.15) is 5.10 Å². The van der Waals surface area contributed by atoms with E-state index in [1.807, 2.05) is 12.4 Å². The second-order valence-corrected chi connectivity index (χ2v) is 3.95. The Morgan fingerprint density at radius 2 is 2.06 bits per heavy atom. The summed E-state index contributed by atoms with van der Waals surface area (Å²) in [6, 6.07) is 6.30. The summed E-state index contributed by atoms with van der Waals surface area (Å²) in [5, 5.41) is 7.56. The van der Waals surface area contributed by atoms with E-state index < -0.39 is 0 Å². The molecule has 17 heavy (non-hydrogen) atoms. The lowest BCUT2D eigenvalue weighted by Gasteiger charge is -2.00. The molecule has 1 N–H and O–H groups in total. The summed E-state index contributed by atoms with van der Waals surface area (Å²) in [6.45, 7) is 3.95. The van der Waals surface area contributed by atoms with Gasteiger partial charge in [-0.15, -0.1) is 0 Å². The maximum absolute atomic E-state index is 12.8. The Hall–Kier alpha value is -1.68. The van der Waals surface area contributed by atoms with Crippen molar-refractivity contribution in [1.29, 1.82) is 0 Å². The zero-order valence-electron chi connectivity index (χ0n) is 9.86. The molecule has 1 aromatic heterocycles. The fourth-order valence-corrected chi connectivity index (χ4v) is 1.60. The van der Waals surface area contributed by atoms with Gasteiger partial charge in [0.1, 0.15) is 5.82 Å². The van der Waals surface area contributed by atoms with E-state index in [4.69, 9.17) is 0 Å². The Labute approximate surface area is 100 Å². The zero-order valence-corrected chi connectivity index (χ0v) is 9.86. The van der Waals surface area contributed by atoms with Crippen LogP contribution in [0.5, 0.6) is 0 Å². The van der Waals surface area contributed by atoms with Crippen LogP contribution in [0.25, 0.3) is 5.69 Å². The van der Waals surface area contributed by atoms with Crippen LogP contribution in [-0.4, -0.2) is 16.3 Å². The van der Waals surface area contributed by atoms with Gasteiger partial charge in [0.05, 0.1) is 11.9 Å². The lowest BCUT2D eigenvalue weighted by Crippen LogP contribution is -2.13. The average molecular weight is 233 g/mol. The number of halogens is 1. The SMILES string of the molecule is CCCNCc1cnn(-c2ccc(F)cc2)c1. The molecule has 0 bridgehead atoms. The molecule has 0 radical (unpaired) electrons. The molecule has 1 heterocycles. The van der Waals surface area contributed by atoms with Crippen LogP contribution >= 0.6 is 0 Å². The van der Waals surface area contributed by atoms with Crippen molar-refractivity contribution in [3.63, 3.8) is 0 Å². The fraction of sp³-hybridized carbons (Fsp3) is 0.308. The summed E-state index contributed by atoms with van der Waals surface area (Å²) >= 11 is 0. The van der Waals surface area contributed by atoms with Gasteiger partial charge in [0.15, 0.2) is 0 Å². The van der Waals surface area contributed by atoms with Gasteiger partial charge in [-0.1, -0.05) is 6.92 Å². The summed E-state index contributed by atoms with van der Waals surface area (Å²) in [5.74, 6) is -0.231. The van der Waals surface area contributed by atoms with Crippen molar-refractivity contribution in [3.05, 3.63) is 48.0 Å². The molecule has 0 fully saturated rings. The van der Waals surface area contributed by atoms with Crippen LogP contribution in [-0.2, 0) is 6.54 Å². The standard InChI is InChI=1S/C13H16FN3/c1-2-7-15-8-11-9-16-17(10-11)13-5-3-12(14)4-6-13/h3-6,9-10,15H,2,7-8H2,1H3. The van der Waals surface area contributed by atoms with E-state index in [-0.39, 0.29) is 5.82 Å². The third-order valence-corrected chi connectivity index (χ3v) is 2.48. The zero-order chi connectivity index (χ0) is 12.1. The molecule has 3 nitrogen and oxygen atoms in total. The maximum Gasteiger partial charge on any atom is 0.123 e. The molecule has 0 saturated heterocycles. The second-order valence-electron chi connectivity index (χ2n) is 3.95. The number of rotatable bonds is 5. The molecular weight excluding hydrogens is 217 g/mol. The van der Waals surface area contributed by atoms with Crippen LogP contribution in [0.1, 0.15) is 18.9 Å².